The van der Waals surface area contributed by atoms with Crippen molar-refractivity contribution in [2.45, 2.75) is 39.9 Å². The van der Waals surface area contributed by atoms with Crippen molar-refractivity contribution in [3.8, 4) is 0 Å². The number of anilines is 2. The maximum absolute atomic E-state index is 13.1. The molecule has 1 N–H and O–H groups in total. The first-order chi connectivity index (χ1) is 16.9. The zero-order chi connectivity index (χ0) is 24.8. The number of amides is 2. The highest BCUT2D eigenvalue weighted by molar-refractivity contribution is 7.15. The van der Waals surface area contributed by atoms with E-state index in [0.29, 0.717) is 37.8 Å². The van der Waals surface area contributed by atoms with Gasteiger partial charge in [-0.3, -0.25) is 14.5 Å². The highest BCUT2D eigenvalue weighted by atomic mass is 32.1. The molecule has 0 spiro atoms. The van der Waals surface area contributed by atoms with E-state index >= 15 is 0 Å². The van der Waals surface area contributed by atoms with Crippen LogP contribution in [-0.4, -0.2) is 68.7 Å². The minimum absolute atomic E-state index is 0.0267. The minimum Gasteiger partial charge on any atom is -0.339 e. The normalized spacial score (nSPS) is 14.0. The Balaban J connectivity index is 1.38. The van der Waals surface area contributed by atoms with Crippen LogP contribution in [0, 0.1) is 0 Å². The van der Waals surface area contributed by atoms with E-state index in [2.05, 4.69) is 40.1 Å². The number of carbonyl (C=O) groups excluding carboxylic acids is 2. The summed E-state index contributed by atoms with van der Waals surface area (Å²) in [6, 6.07) is 14.0. The molecule has 0 atom stereocenters. The number of hydrogen-bond donors (Lipinski definition) is 1. The molecule has 184 valence electrons. The summed E-state index contributed by atoms with van der Waals surface area (Å²) in [5, 5.41) is 4.07. The van der Waals surface area contributed by atoms with Crippen LogP contribution in [0.4, 0.5) is 10.9 Å². The van der Waals surface area contributed by atoms with Gasteiger partial charge in [-0.15, -0.1) is 11.3 Å². The third-order valence-electron chi connectivity index (χ3n) is 6.11. The fourth-order valence-electron chi connectivity index (χ4n) is 4.05. The Labute approximate surface area is 210 Å². The lowest BCUT2D eigenvalue weighted by Gasteiger charge is -2.34. The molecule has 0 unspecified atom stereocenters. The molecule has 4 rings (SSSR count). The number of nitrogens with zero attached hydrogens (tertiary/aromatic N) is 5. The van der Waals surface area contributed by atoms with Crippen molar-refractivity contribution >= 4 is 34.1 Å². The molecule has 0 aliphatic carbocycles. The molecule has 1 fully saturated rings. The molecule has 1 aliphatic heterocycles. The highest BCUT2D eigenvalue weighted by Gasteiger charge is 2.23. The smallest absolute Gasteiger partial charge is 0.253 e. The van der Waals surface area contributed by atoms with Crippen molar-refractivity contribution in [2.24, 2.45) is 0 Å². The monoisotopic (exact) mass is 492 g/mol. The van der Waals surface area contributed by atoms with Crippen molar-refractivity contribution in [2.75, 3.05) is 31.5 Å². The third-order valence-corrected chi connectivity index (χ3v) is 7.01. The Morgan fingerprint density at radius 2 is 1.80 bits per heavy atom. The summed E-state index contributed by atoms with van der Waals surface area (Å²) in [4.78, 5) is 40.6. The van der Waals surface area contributed by atoms with Crippen LogP contribution in [0.3, 0.4) is 0 Å². The van der Waals surface area contributed by atoms with E-state index in [9.17, 15) is 9.59 Å². The third kappa shape index (κ3) is 6.64. The van der Waals surface area contributed by atoms with E-state index in [1.807, 2.05) is 47.5 Å². The first-order valence-electron chi connectivity index (χ1n) is 11.9. The molecule has 2 amide bonds. The van der Waals surface area contributed by atoms with Gasteiger partial charge in [0.2, 0.25) is 5.91 Å². The number of piperazine rings is 1. The predicted octanol–water partition coefficient (Wildman–Crippen LogP) is 4.00. The Morgan fingerprint density at radius 3 is 2.49 bits per heavy atom. The van der Waals surface area contributed by atoms with Gasteiger partial charge in [0, 0.05) is 75.1 Å². The molecule has 1 saturated heterocycles. The number of hydrogen-bond acceptors (Lipinski definition) is 7. The van der Waals surface area contributed by atoms with Crippen LogP contribution in [0.2, 0.25) is 0 Å². The maximum atomic E-state index is 13.1. The Bertz CT molecular complexity index is 1140. The molecule has 3 heterocycles. The first kappa shape index (κ1) is 24.8. The topological polar surface area (TPSA) is 81.7 Å². The fourth-order valence-corrected chi connectivity index (χ4v) is 4.90. The van der Waals surface area contributed by atoms with Crippen molar-refractivity contribution in [3.63, 3.8) is 0 Å². The van der Waals surface area contributed by atoms with Gasteiger partial charge in [-0.05, 0) is 43.7 Å². The van der Waals surface area contributed by atoms with Crippen LogP contribution < -0.4 is 5.32 Å². The highest BCUT2D eigenvalue weighted by Crippen LogP contribution is 2.24. The number of aromatic nitrogens is 2. The summed E-state index contributed by atoms with van der Waals surface area (Å²) >= 11 is 1.62. The largest absolute Gasteiger partial charge is 0.339 e. The zero-order valence-corrected chi connectivity index (χ0v) is 21.3. The lowest BCUT2D eigenvalue weighted by atomic mass is 10.1. The molecular formula is C26H32N6O2S. The van der Waals surface area contributed by atoms with E-state index in [1.54, 1.807) is 29.4 Å². The van der Waals surface area contributed by atoms with Crippen LogP contribution in [0.25, 0.3) is 0 Å². The van der Waals surface area contributed by atoms with Crippen molar-refractivity contribution < 1.29 is 9.59 Å². The molecule has 0 bridgehead atoms. The lowest BCUT2D eigenvalue weighted by molar-refractivity contribution is -0.130. The quantitative estimate of drug-likeness (QED) is 0.512. The number of thiazole rings is 1. The van der Waals surface area contributed by atoms with E-state index in [-0.39, 0.29) is 11.8 Å². The van der Waals surface area contributed by atoms with Crippen molar-refractivity contribution in [3.05, 3.63) is 70.9 Å². The number of nitrogens with one attached hydrogen (secondary N) is 1. The van der Waals surface area contributed by atoms with Crippen LogP contribution in [0.5, 0.6) is 0 Å². The first-order valence-corrected chi connectivity index (χ1v) is 12.7. The Kier molecular flexibility index (Phi) is 8.09. The number of carbonyl (C=O) groups is 2. The summed E-state index contributed by atoms with van der Waals surface area (Å²) < 4.78 is 0. The molecule has 2 aromatic heterocycles. The van der Waals surface area contributed by atoms with Gasteiger partial charge < -0.3 is 15.1 Å². The number of benzene rings is 1. The maximum Gasteiger partial charge on any atom is 0.253 e. The van der Waals surface area contributed by atoms with E-state index in [0.717, 1.165) is 34.5 Å². The van der Waals surface area contributed by atoms with Crippen molar-refractivity contribution in [1.29, 1.82) is 0 Å². The van der Waals surface area contributed by atoms with E-state index < -0.39 is 0 Å². The number of rotatable bonds is 8. The van der Waals surface area contributed by atoms with Gasteiger partial charge >= 0.3 is 0 Å². The predicted molar refractivity (Wildman–Crippen MR) is 139 cm³/mol. The molecule has 3 aromatic rings. The van der Waals surface area contributed by atoms with Crippen LogP contribution in [-0.2, 0) is 17.9 Å². The van der Waals surface area contributed by atoms with Crippen molar-refractivity contribution in [1.82, 2.24) is 24.7 Å². The zero-order valence-electron chi connectivity index (χ0n) is 20.5. The van der Waals surface area contributed by atoms with Gasteiger partial charge in [0.25, 0.3) is 5.91 Å². The van der Waals surface area contributed by atoms with Gasteiger partial charge in [0.05, 0.1) is 0 Å². The molecule has 8 nitrogen and oxygen atoms in total. The van der Waals surface area contributed by atoms with Crippen LogP contribution in [0.1, 0.15) is 41.6 Å². The van der Waals surface area contributed by atoms with Gasteiger partial charge in [-0.1, -0.05) is 18.2 Å². The SMILES string of the molecule is CC(=O)N1CCN(C(=O)c2cccc(CN(Cc3cnc(Nc4ccccn4)s3)C(C)C)c2)CC1. The molecular weight excluding hydrogens is 460 g/mol. The van der Waals surface area contributed by atoms with Gasteiger partial charge in [-0.25, -0.2) is 9.97 Å². The molecule has 9 heteroatoms. The average molecular weight is 493 g/mol. The van der Waals surface area contributed by atoms with Crippen LogP contribution in [0.15, 0.2) is 54.9 Å². The molecule has 1 aromatic carbocycles. The number of pyridine rings is 1. The standard InChI is InChI=1S/C26H32N6O2S/c1-19(2)32(18-23-16-28-26(35-23)29-24-9-4-5-10-27-24)17-21-7-6-8-22(15-21)25(34)31-13-11-30(12-14-31)20(3)33/h4-10,15-16,19H,11-14,17-18H2,1-3H3,(H,27,28,29). The summed E-state index contributed by atoms with van der Waals surface area (Å²) in [6.45, 7) is 9.76. The van der Waals surface area contributed by atoms with E-state index in [1.165, 1.54) is 0 Å². The fraction of sp³-hybridized carbons (Fsp3) is 0.385. The summed E-state index contributed by atoms with van der Waals surface area (Å²) in [7, 11) is 0. The van der Waals surface area contributed by atoms with Gasteiger partial charge in [0.1, 0.15) is 5.82 Å². The summed E-state index contributed by atoms with van der Waals surface area (Å²) in [6.07, 6.45) is 3.66. The van der Waals surface area contributed by atoms with Crippen LogP contribution >= 0.6 is 11.3 Å². The Morgan fingerprint density at radius 1 is 1.03 bits per heavy atom. The summed E-state index contributed by atoms with van der Waals surface area (Å²) in [5.41, 5.74) is 1.80. The van der Waals surface area contributed by atoms with E-state index in [4.69, 9.17) is 0 Å². The molecule has 0 radical (unpaired) electrons. The van der Waals surface area contributed by atoms with Gasteiger partial charge in [0.15, 0.2) is 5.13 Å². The molecule has 1 aliphatic rings. The Hall–Kier alpha value is -3.30. The minimum atomic E-state index is 0.0267. The summed E-state index contributed by atoms with van der Waals surface area (Å²) in [5.74, 6) is 0.866. The second-order valence-corrected chi connectivity index (χ2v) is 10.1. The second kappa shape index (κ2) is 11.4. The molecule has 35 heavy (non-hydrogen) atoms. The molecule has 0 saturated carbocycles. The average Bonchev–Trinajstić information content (AvgIpc) is 3.30. The lowest BCUT2D eigenvalue weighted by Crippen LogP contribution is -2.50. The second-order valence-electron chi connectivity index (χ2n) is 8.97. The van der Waals surface area contributed by atoms with Gasteiger partial charge in [-0.2, -0.15) is 0 Å².